The van der Waals surface area contributed by atoms with Gasteiger partial charge in [0.1, 0.15) is 5.69 Å². The van der Waals surface area contributed by atoms with Crippen molar-refractivity contribution in [2.45, 2.75) is 58.8 Å². The van der Waals surface area contributed by atoms with E-state index in [1.807, 2.05) is 10.7 Å². The lowest BCUT2D eigenvalue weighted by atomic mass is 9.66. The first kappa shape index (κ1) is 13.8. The van der Waals surface area contributed by atoms with Crippen molar-refractivity contribution in [3.8, 4) is 0 Å². The minimum Gasteiger partial charge on any atom is -0.393 e. The van der Waals surface area contributed by atoms with Crippen LogP contribution in [0.1, 0.15) is 49.8 Å². The second-order valence-corrected chi connectivity index (χ2v) is 6.80. The SMILES string of the molecule is CC(=O)c1cc2n(n1)CC1(CC(O)C1)CN(C(C)C)C2. The first-order chi connectivity index (χ1) is 9.38. The van der Waals surface area contributed by atoms with E-state index in [2.05, 4.69) is 23.8 Å². The lowest BCUT2D eigenvalue weighted by Gasteiger charge is -2.47. The van der Waals surface area contributed by atoms with Gasteiger partial charge < -0.3 is 5.11 Å². The topological polar surface area (TPSA) is 58.4 Å². The van der Waals surface area contributed by atoms with Crippen molar-refractivity contribution >= 4 is 5.78 Å². The number of Topliss-reactive ketones (excluding diaryl/α,β-unsaturated/α-hetero) is 1. The Hall–Kier alpha value is -1.20. The van der Waals surface area contributed by atoms with Crippen LogP contribution in [0.15, 0.2) is 6.07 Å². The van der Waals surface area contributed by atoms with E-state index in [9.17, 15) is 9.90 Å². The summed E-state index contributed by atoms with van der Waals surface area (Å²) in [5.41, 5.74) is 1.79. The predicted octanol–water partition coefficient (Wildman–Crippen LogP) is 1.45. The van der Waals surface area contributed by atoms with Gasteiger partial charge in [0.2, 0.25) is 0 Å². The molecule has 1 saturated carbocycles. The molecule has 1 fully saturated rings. The Morgan fingerprint density at radius 2 is 2.15 bits per heavy atom. The molecule has 0 saturated heterocycles. The van der Waals surface area contributed by atoms with Gasteiger partial charge in [-0.15, -0.1) is 0 Å². The van der Waals surface area contributed by atoms with Crippen LogP contribution in [0.3, 0.4) is 0 Å². The largest absolute Gasteiger partial charge is 0.393 e. The molecule has 110 valence electrons. The zero-order valence-corrected chi connectivity index (χ0v) is 12.5. The van der Waals surface area contributed by atoms with Crippen molar-refractivity contribution < 1.29 is 9.90 Å². The highest BCUT2D eigenvalue weighted by Gasteiger charge is 2.47. The quantitative estimate of drug-likeness (QED) is 0.831. The highest BCUT2D eigenvalue weighted by molar-refractivity contribution is 5.92. The number of carbonyl (C=O) groups excluding carboxylic acids is 1. The van der Waals surface area contributed by atoms with E-state index in [-0.39, 0.29) is 17.3 Å². The van der Waals surface area contributed by atoms with Crippen molar-refractivity contribution in [3.05, 3.63) is 17.5 Å². The number of fused-ring (bicyclic) bond motifs is 1. The number of aromatic nitrogens is 2. The fourth-order valence-corrected chi connectivity index (χ4v) is 3.52. The number of carbonyl (C=O) groups is 1. The van der Waals surface area contributed by atoms with E-state index in [4.69, 9.17) is 0 Å². The lowest BCUT2D eigenvalue weighted by molar-refractivity contribution is -0.0628. The highest BCUT2D eigenvalue weighted by atomic mass is 16.3. The fourth-order valence-electron chi connectivity index (χ4n) is 3.52. The van der Waals surface area contributed by atoms with Crippen molar-refractivity contribution in [1.29, 1.82) is 0 Å². The molecule has 1 aliphatic carbocycles. The van der Waals surface area contributed by atoms with Gasteiger partial charge in [-0.25, -0.2) is 0 Å². The van der Waals surface area contributed by atoms with Crippen LogP contribution in [0, 0.1) is 5.41 Å². The Kier molecular flexibility index (Phi) is 3.21. The van der Waals surface area contributed by atoms with Crippen LogP contribution in [0.5, 0.6) is 0 Å². The van der Waals surface area contributed by atoms with Crippen LogP contribution in [-0.4, -0.2) is 44.3 Å². The molecule has 1 aromatic heterocycles. The molecule has 1 aliphatic heterocycles. The Balaban J connectivity index is 1.94. The van der Waals surface area contributed by atoms with Gasteiger partial charge in [-0.3, -0.25) is 14.4 Å². The lowest BCUT2D eigenvalue weighted by Crippen LogP contribution is -2.50. The standard InChI is InChI=1S/C15H23N3O2/c1-10(2)17-7-12-4-14(11(3)19)16-18(12)9-15(8-17)5-13(20)6-15/h4,10,13,20H,5-9H2,1-3H3. The van der Waals surface area contributed by atoms with Gasteiger partial charge >= 0.3 is 0 Å². The molecule has 0 unspecified atom stereocenters. The molecular formula is C15H23N3O2. The third-order valence-electron chi connectivity index (χ3n) is 4.68. The number of ketones is 1. The summed E-state index contributed by atoms with van der Waals surface area (Å²) in [6.07, 6.45) is 1.50. The van der Waals surface area contributed by atoms with E-state index in [0.717, 1.165) is 38.2 Å². The van der Waals surface area contributed by atoms with E-state index in [1.165, 1.54) is 0 Å². The summed E-state index contributed by atoms with van der Waals surface area (Å²) in [5.74, 6) is 0.0179. The Bertz CT molecular complexity index is 529. The number of hydrogen-bond donors (Lipinski definition) is 1. The van der Waals surface area contributed by atoms with Gasteiger partial charge in [-0.1, -0.05) is 0 Å². The molecule has 0 radical (unpaired) electrons. The second kappa shape index (κ2) is 4.67. The molecule has 5 nitrogen and oxygen atoms in total. The van der Waals surface area contributed by atoms with Crippen LogP contribution in [0.2, 0.25) is 0 Å². The summed E-state index contributed by atoms with van der Waals surface area (Å²) in [6.45, 7) is 8.60. The molecule has 2 aliphatic rings. The maximum Gasteiger partial charge on any atom is 0.179 e. The average molecular weight is 277 g/mol. The molecule has 0 aromatic carbocycles. The van der Waals surface area contributed by atoms with Gasteiger partial charge in [0.15, 0.2) is 5.78 Å². The van der Waals surface area contributed by atoms with Crippen molar-refractivity contribution in [3.63, 3.8) is 0 Å². The Morgan fingerprint density at radius 1 is 1.45 bits per heavy atom. The van der Waals surface area contributed by atoms with E-state index in [1.54, 1.807) is 6.92 Å². The number of aliphatic hydroxyl groups is 1. The van der Waals surface area contributed by atoms with Gasteiger partial charge in [0.05, 0.1) is 11.8 Å². The highest BCUT2D eigenvalue weighted by Crippen LogP contribution is 2.45. The monoisotopic (exact) mass is 277 g/mol. The van der Waals surface area contributed by atoms with E-state index < -0.39 is 0 Å². The summed E-state index contributed by atoms with van der Waals surface area (Å²) < 4.78 is 1.99. The van der Waals surface area contributed by atoms with E-state index in [0.29, 0.717) is 11.7 Å². The zero-order chi connectivity index (χ0) is 14.5. The molecule has 2 heterocycles. The first-order valence-corrected chi connectivity index (χ1v) is 7.38. The summed E-state index contributed by atoms with van der Waals surface area (Å²) in [6, 6.07) is 2.37. The average Bonchev–Trinajstić information content (AvgIpc) is 2.62. The number of aliphatic hydroxyl groups excluding tert-OH is 1. The zero-order valence-electron chi connectivity index (χ0n) is 12.5. The molecule has 1 N–H and O–H groups in total. The smallest absolute Gasteiger partial charge is 0.179 e. The molecule has 3 rings (SSSR count). The molecular weight excluding hydrogens is 254 g/mol. The number of nitrogens with zero attached hydrogens (tertiary/aromatic N) is 3. The molecule has 20 heavy (non-hydrogen) atoms. The maximum absolute atomic E-state index is 11.5. The third kappa shape index (κ3) is 2.29. The number of hydrogen-bond acceptors (Lipinski definition) is 4. The minimum atomic E-state index is -0.173. The van der Waals surface area contributed by atoms with Crippen molar-refractivity contribution in [2.75, 3.05) is 6.54 Å². The van der Waals surface area contributed by atoms with Crippen LogP contribution in [0.25, 0.3) is 0 Å². The third-order valence-corrected chi connectivity index (χ3v) is 4.68. The van der Waals surface area contributed by atoms with Crippen LogP contribution in [-0.2, 0) is 13.1 Å². The fraction of sp³-hybridized carbons (Fsp3) is 0.733. The van der Waals surface area contributed by atoms with E-state index >= 15 is 0 Å². The van der Waals surface area contributed by atoms with Gasteiger partial charge in [0, 0.05) is 38.0 Å². The summed E-state index contributed by atoms with van der Waals surface area (Å²) in [5, 5.41) is 14.2. The summed E-state index contributed by atoms with van der Waals surface area (Å²) in [7, 11) is 0. The van der Waals surface area contributed by atoms with Gasteiger partial charge in [-0.2, -0.15) is 5.10 Å². The Labute approximate surface area is 119 Å². The molecule has 0 amide bonds. The summed E-state index contributed by atoms with van der Waals surface area (Å²) in [4.78, 5) is 14.0. The number of rotatable bonds is 2. The van der Waals surface area contributed by atoms with Crippen LogP contribution >= 0.6 is 0 Å². The normalized spacial score (nSPS) is 30.1. The van der Waals surface area contributed by atoms with Gasteiger partial charge in [-0.05, 0) is 32.8 Å². The summed E-state index contributed by atoms with van der Waals surface area (Å²) >= 11 is 0. The molecule has 0 bridgehead atoms. The predicted molar refractivity (Wildman–Crippen MR) is 75.5 cm³/mol. The van der Waals surface area contributed by atoms with Crippen LogP contribution < -0.4 is 0 Å². The maximum atomic E-state index is 11.5. The van der Waals surface area contributed by atoms with Crippen LogP contribution in [0.4, 0.5) is 0 Å². The van der Waals surface area contributed by atoms with Crippen molar-refractivity contribution in [1.82, 2.24) is 14.7 Å². The van der Waals surface area contributed by atoms with Gasteiger partial charge in [0.25, 0.3) is 0 Å². The van der Waals surface area contributed by atoms with Crippen molar-refractivity contribution in [2.24, 2.45) is 5.41 Å². The second-order valence-electron chi connectivity index (χ2n) is 6.80. The Morgan fingerprint density at radius 3 is 2.70 bits per heavy atom. The molecule has 5 heteroatoms. The first-order valence-electron chi connectivity index (χ1n) is 7.38. The molecule has 1 aromatic rings. The molecule has 0 atom stereocenters. The minimum absolute atomic E-state index is 0.0179. The molecule has 1 spiro atoms.